The van der Waals surface area contributed by atoms with Crippen LogP contribution in [0.3, 0.4) is 0 Å². The summed E-state index contributed by atoms with van der Waals surface area (Å²) in [7, 11) is 0. The number of rotatable bonds is 6. The summed E-state index contributed by atoms with van der Waals surface area (Å²) in [6.07, 6.45) is 0.250. The van der Waals surface area contributed by atoms with Gasteiger partial charge in [0.15, 0.2) is 0 Å². The molecule has 2 aromatic heterocycles. The van der Waals surface area contributed by atoms with Gasteiger partial charge < -0.3 is 0 Å². The Kier molecular flexibility index (Phi) is 5.07. The molecule has 0 spiro atoms. The van der Waals surface area contributed by atoms with Crippen molar-refractivity contribution in [1.29, 1.82) is 0 Å². The topological polar surface area (TPSA) is 51.2 Å². The van der Waals surface area contributed by atoms with Gasteiger partial charge >= 0.3 is 0 Å². The second-order valence-corrected chi connectivity index (χ2v) is 6.33. The first-order chi connectivity index (χ1) is 9.15. The van der Waals surface area contributed by atoms with Gasteiger partial charge in [-0.1, -0.05) is 19.9 Å². The molecule has 0 saturated carbocycles. The van der Waals surface area contributed by atoms with Crippen molar-refractivity contribution in [2.24, 2.45) is 5.92 Å². The zero-order chi connectivity index (χ0) is 13.7. The number of thiophene rings is 1. The molecule has 2 aromatic rings. The summed E-state index contributed by atoms with van der Waals surface area (Å²) in [5.74, 6) is 0.230. The molecule has 2 rings (SSSR count). The highest BCUT2D eigenvalue weighted by molar-refractivity contribution is 7.20. The number of thiazole rings is 1. The van der Waals surface area contributed by atoms with Gasteiger partial charge in [-0.15, -0.1) is 22.7 Å². The molecule has 0 aromatic carbocycles. The second-order valence-electron chi connectivity index (χ2n) is 4.53. The normalized spacial score (nSPS) is 10.9. The Labute approximate surface area is 120 Å². The largest absolute Gasteiger partial charge is 0.273 e. The van der Waals surface area contributed by atoms with Crippen LogP contribution in [-0.2, 0) is 16.1 Å². The van der Waals surface area contributed by atoms with E-state index in [0.717, 1.165) is 15.6 Å². The molecule has 1 N–H and O–H groups in total. The number of hydrogen-bond donors (Lipinski definition) is 1. The molecule has 6 heteroatoms. The highest BCUT2D eigenvalue weighted by Crippen LogP contribution is 2.27. The number of hydrogen-bond acceptors (Lipinski definition) is 5. The van der Waals surface area contributed by atoms with Gasteiger partial charge in [0.25, 0.3) is 0 Å². The number of carbonyl (C=O) groups excluding carboxylic acids is 1. The van der Waals surface area contributed by atoms with Crippen LogP contribution in [0.2, 0.25) is 0 Å². The lowest BCUT2D eigenvalue weighted by atomic mass is 10.2. The third-order valence-electron chi connectivity index (χ3n) is 2.23. The van der Waals surface area contributed by atoms with E-state index in [1.165, 1.54) is 0 Å². The van der Waals surface area contributed by atoms with Crippen LogP contribution in [0.25, 0.3) is 9.88 Å². The lowest BCUT2D eigenvalue weighted by molar-refractivity contribution is -0.133. The Balaban J connectivity index is 1.84. The molecule has 0 fully saturated rings. The monoisotopic (exact) mass is 296 g/mol. The Morgan fingerprint density at radius 3 is 3.00 bits per heavy atom. The molecule has 0 radical (unpaired) electrons. The molecule has 0 bridgehead atoms. The summed E-state index contributed by atoms with van der Waals surface area (Å²) >= 11 is 3.20. The highest BCUT2D eigenvalue weighted by Gasteiger charge is 2.09. The molecule has 1 amide bonds. The minimum atomic E-state index is -0.163. The van der Waals surface area contributed by atoms with Crippen molar-refractivity contribution in [3.8, 4) is 9.88 Å². The van der Waals surface area contributed by atoms with Crippen LogP contribution in [-0.4, -0.2) is 17.5 Å². The standard InChI is InChI=1S/C13H16N2O2S2/c1-9(2)7-17-15-12(16)6-10-8-19-13(14-10)11-4-3-5-18-11/h3-5,8-9H,6-7H2,1-2H3,(H,15,16). The van der Waals surface area contributed by atoms with E-state index in [0.29, 0.717) is 12.5 Å². The van der Waals surface area contributed by atoms with Crippen LogP contribution in [0, 0.1) is 5.92 Å². The fraction of sp³-hybridized carbons (Fsp3) is 0.385. The van der Waals surface area contributed by atoms with Crippen molar-refractivity contribution in [2.45, 2.75) is 20.3 Å². The molecular weight excluding hydrogens is 280 g/mol. The fourth-order valence-electron chi connectivity index (χ4n) is 1.39. The van der Waals surface area contributed by atoms with E-state index in [9.17, 15) is 4.79 Å². The van der Waals surface area contributed by atoms with E-state index in [-0.39, 0.29) is 12.3 Å². The third kappa shape index (κ3) is 4.41. The first-order valence-electron chi connectivity index (χ1n) is 6.04. The molecule has 19 heavy (non-hydrogen) atoms. The number of nitrogens with one attached hydrogen (secondary N) is 1. The van der Waals surface area contributed by atoms with Gasteiger partial charge in [-0.25, -0.2) is 10.5 Å². The number of hydroxylamine groups is 1. The van der Waals surface area contributed by atoms with E-state index >= 15 is 0 Å². The molecule has 0 unspecified atom stereocenters. The van der Waals surface area contributed by atoms with Crippen molar-refractivity contribution in [2.75, 3.05) is 6.61 Å². The van der Waals surface area contributed by atoms with Gasteiger partial charge in [-0.2, -0.15) is 0 Å². The quantitative estimate of drug-likeness (QED) is 0.833. The molecule has 0 atom stereocenters. The Bertz CT molecular complexity index is 520. The Hall–Kier alpha value is -1.24. The minimum absolute atomic E-state index is 0.163. The molecule has 0 aliphatic heterocycles. The Morgan fingerprint density at radius 1 is 1.47 bits per heavy atom. The van der Waals surface area contributed by atoms with Gasteiger partial charge in [0.1, 0.15) is 5.01 Å². The van der Waals surface area contributed by atoms with Crippen LogP contribution >= 0.6 is 22.7 Å². The van der Waals surface area contributed by atoms with E-state index in [2.05, 4.69) is 10.5 Å². The first-order valence-corrected chi connectivity index (χ1v) is 7.80. The van der Waals surface area contributed by atoms with Crippen molar-refractivity contribution in [3.63, 3.8) is 0 Å². The van der Waals surface area contributed by atoms with E-state index in [1.54, 1.807) is 22.7 Å². The highest BCUT2D eigenvalue weighted by atomic mass is 32.1. The molecule has 4 nitrogen and oxygen atoms in total. The van der Waals surface area contributed by atoms with Crippen molar-refractivity contribution in [1.82, 2.24) is 10.5 Å². The number of nitrogens with zero attached hydrogens (tertiary/aromatic N) is 1. The van der Waals surface area contributed by atoms with Crippen LogP contribution < -0.4 is 5.48 Å². The predicted octanol–water partition coefficient (Wildman–Crippen LogP) is 3.12. The minimum Gasteiger partial charge on any atom is -0.273 e. The smallest absolute Gasteiger partial charge is 0.249 e. The lowest BCUT2D eigenvalue weighted by Gasteiger charge is -2.06. The predicted molar refractivity (Wildman–Crippen MR) is 78.1 cm³/mol. The van der Waals surface area contributed by atoms with E-state index in [1.807, 2.05) is 36.7 Å². The number of carbonyl (C=O) groups is 1. The number of amides is 1. The fourth-order valence-corrected chi connectivity index (χ4v) is 3.02. The zero-order valence-corrected chi connectivity index (χ0v) is 12.5. The molecule has 102 valence electrons. The second kappa shape index (κ2) is 6.79. The first kappa shape index (κ1) is 14.2. The maximum atomic E-state index is 11.6. The van der Waals surface area contributed by atoms with E-state index in [4.69, 9.17) is 4.84 Å². The molecule has 0 aliphatic carbocycles. The average molecular weight is 296 g/mol. The van der Waals surface area contributed by atoms with Crippen LogP contribution in [0.4, 0.5) is 0 Å². The Morgan fingerprint density at radius 2 is 2.32 bits per heavy atom. The summed E-state index contributed by atoms with van der Waals surface area (Å²) in [4.78, 5) is 22.3. The average Bonchev–Trinajstić information content (AvgIpc) is 2.97. The maximum Gasteiger partial charge on any atom is 0.249 e. The SMILES string of the molecule is CC(C)CONC(=O)Cc1csc(-c2cccs2)n1. The molecule has 0 aliphatic rings. The van der Waals surface area contributed by atoms with Crippen LogP contribution in [0.1, 0.15) is 19.5 Å². The number of aromatic nitrogens is 1. The van der Waals surface area contributed by atoms with Crippen molar-refractivity contribution in [3.05, 3.63) is 28.6 Å². The lowest BCUT2D eigenvalue weighted by Crippen LogP contribution is -2.27. The summed E-state index contributed by atoms with van der Waals surface area (Å²) in [6, 6.07) is 4.02. The maximum absolute atomic E-state index is 11.6. The van der Waals surface area contributed by atoms with Gasteiger partial charge in [0.2, 0.25) is 5.91 Å². The molecular formula is C13H16N2O2S2. The van der Waals surface area contributed by atoms with Crippen LogP contribution in [0.5, 0.6) is 0 Å². The summed E-state index contributed by atoms with van der Waals surface area (Å²) in [5, 5.41) is 4.89. The van der Waals surface area contributed by atoms with Crippen molar-refractivity contribution >= 4 is 28.6 Å². The van der Waals surface area contributed by atoms with Gasteiger partial charge in [-0.05, 0) is 17.4 Å². The molecule has 2 heterocycles. The summed E-state index contributed by atoms with van der Waals surface area (Å²) in [5.41, 5.74) is 3.21. The van der Waals surface area contributed by atoms with Crippen molar-refractivity contribution < 1.29 is 9.63 Å². The third-order valence-corrected chi connectivity index (χ3v) is 4.16. The van der Waals surface area contributed by atoms with Gasteiger partial charge in [0.05, 0.1) is 23.6 Å². The van der Waals surface area contributed by atoms with Gasteiger partial charge in [-0.3, -0.25) is 9.63 Å². The molecule has 0 saturated heterocycles. The van der Waals surface area contributed by atoms with Crippen LogP contribution in [0.15, 0.2) is 22.9 Å². The summed E-state index contributed by atoms with van der Waals surface area (Å²) < 4.78 is 0. The summed E-state index contributed by atoms with van der Waals surface area (Å²) in [6.45, 7) is 4.57. The zero-order valence-electron chi connectivity index (χ0n) is 10.9. The van der Waals surface area contributed by atoms with Gasteiger partial charge in [0, 0.05) is 5.38 Å². The van der Waals surface area contributed by atoms with E-state index < -0.39 is 0 Å².